The molecular formula is C28H65N. The fraction of sp³-hybridized carbons (Fsp3) is 0.929. The van der Waals surface area contributed by atoms with Crippen molar-refractivity contribution in [2.24, 2.45) is 5.73 Å². The van der Waals surface area contributed by atoms with E-state index >= 15 is 0 Å². The number of rotatable bonds is 16. The van der Waals surface area contributed by atoms with Crippen LogP contribution in [-0.2, 0) is 0 Å². The van der Waals surface area contributed by atoms with E-state index in [1.807, 2.05) is 41.5 Å². The van der Waals surface area contributed by atoms with Gasteiger partial charge in [-0.25, -0.2) is 0 Å². The van der Waals surface area contributed by atoms with Crippen molar-refractivity contribution >= 4 is 0 Å². The highest BCUT2D eigenvalue weighted by Crippen LogP contribution is 2.13. The van der Waals surface area contributed by atoms with Crippen LogP contribution < -0.4 is 5.73 Å². The van der Waals surface area contributed by atoms with E-state index < -0.39 is 0 Å². The lowest BCUT2D eigenvalue weighted by Gasteiger charge is -2.03. The van der Waals surface area contributed by atoms with Gasteiger partial charge in [0.1, 0.15) is 0 Å². The van der Waals surface area contributed by atoms with Gasteiger partial charge in [0.25, 0.3) is 0 Å². The lowest BCUT2D eigenvalue weighted by Crippen LogP contribution is -1.95. The summed E-state index contributed by atoms with van der Waals surface area (Å²) in [6.45, 7) is 23.4. The molecule has 0 heterocycles. The first-order valence-corrected chi connectivity index (χ1v) is 13.5. The summed E-state index contributed by atoms with van der Waals surface area (Å²) in [6.07, 6.45) is 22.3. The number of unbranched alkanes of at least 4 members (excludes halogenated alkanes) is 13. The lowest BCUT2D eigenvalue weighted by atomic mass is 10.0. The average molecular weight is 416 g/mol. The second kappa shape index (κ2) is 50.9. The van der Waals surface area contributed by atoms with E-state index in [1.165, 1.54) is 108 Å². The van der Waals surface area contributed by atoms with Crippen molar-refractivity contribution in [3.8, 4) is 0 Å². The van der Waals surface area contributed by atoms with Crippen molar-refractivity contribution in [2.75, 3.05) is 6.54 Å². The monoisotopic (exact) mass is 416 g/mol. The number of nitrogens with two attached hydrogens (primary N) is 1. The van der Waals surface area contributed by atoms with Crippen molar-refractivity contribution in [3.63, 3.8) is 0 Å². The zero-order valence-corrected chi connectivity index (χ0v) is 22.8. The number of allylic oxidation sites excluding steroid dienone is 1. The Morgan fingerprint density at radius 2 is 0.793 bits per heavy atom. The van der Waals surface area contributed by atoms with Crippen LogP contribution in [0.1, 0.15) is 165 Å². The molecule has 2 N–H and O–H groups in total. The lowest BCUT2D eigenvalue weighted by molar-refractivity contribution is 0.539. The molecule has 0 saturated heterocycles. The molecule has 0 aromatic carbocycles. The molecule has 0 spiro atoms. The number of hydrogen-bond donors (Lipinski definition) is 1. The third-order valence-electron chi connectivity index (χ3n) is 4.26. The Bertz CT molecular complexity index is 208. The van der Waals surface area contributed by atoms with E-state index in [2.05, 4.69) is 27.4 Å². The average Bonchev–Trinajstić information content (AvgIpc) is 2.76. The third-order valence-corrected chi connectivity index (χ3v) is 4.26. The first-order valence-electron chi connectivity index (χ1n) is 13.5. The van der Waals surface area contributed by atoms with E-state index in [9.17, 15) is 0 Å². The van der Waals surface area contributed by atoms with Crippen molar-refractivity contribution in [3.05, 3.63) is 12.2 Å². The van der Waals surface area contributed by atoms with Crippen LogP contribution in [0.4, 0.5) is 0 Å². The molecule has 182 valence electrons. The summed E-state index contributed by atoms with van der Waals surface area (Å²) in [4.78, 5) is 0. The summed E-state index contributed by atoms with van der Waals surface area (Å²) in [7, 11) is 0. The van der Waals surface area contributed by atoms with Crippen LogP contribution in [0, 0.1) is 0 Å². The van der Waals surface area contributed by atoms with Crippen molar-refractivity contribution in [1.29, 1.82) is 0 Å². The Hall–Kier alpha value is -0.300. The largest absolute Gasteiger partial charge is 0.330 e. The molecule has 0 aliphatic heterocycles. The van der Waals surface area contributed by atoms with Gasteiger partial charge in [-0.1, -0.05) is 144 Å². The Balaban J connectivity index is -0.000000146. The van der Waals surface area contributed by atoms with Gasteiger partial charge in [-0.05, 0) is 32.7 Å². The minimum absolute atomic E-state index is 0.844. The molecule has 29 heavy (non-hydrogen) atoms. The molecule has 0 amide bonds. The maximum absolute atomic E-state index is 5.14. The molecule has 0 aliphatic rings. The highest BCUT2D eigenvalue weighted by molar-refractivity contribution is 4.86. The van der Waals surface area contributed by atoms with Crippen LogP contribution in [0.15, 0.2) is 12.2 Å². The van der Waals surface area contributed by atoms with Gasteiger partial charge in [0.05, 0.1) is 0 Å². The van der Waals surface area contributed by atoms with E-state index in [-0.39, 0.29) is 0 Å². The molecule has 0 saturated carbocycles. The molecule has 0 radical (unpaired) electrons. The topological polar surface area (TPSA) is 26.0 Å². The maximum atomic E-state index is 5.14. The summed E-state index contributed by atoms with van der Waals surface area (Å²) < 4.78 is 0. The Kier molecular flexibility index (Phi) is 68.8. The minimum atomic E-state index is 0.844. The predicted octanol–water partition coefficient (Wildman–Crippen LogP) is 10.9. The molecule has 0 bridgehead atoms. The normalized spacial score (nSPS) is 8.76. The molecule has 0 unspecified atom stereocenters. The highest BCUT2D eigenvalue weighted by atomic mass is 14.5. The first kappa shape index (κ1) is 39.2. The second-order valence-corrected chi connectivity index (χ2v) is 7.09. The maximum Gasteiger partial charge on any atom is -0.00774 e. The minimum Gasteiger partial charge on any atom is -0.330 e. The summed E-state index contributed by atoms with van der Waals surface area (Å²) in [5.74, 6) is 0. The van der Waals surface area contributed by atoms with Crippen LogP contribution in [0.3, 0.4) is 0 Å². The predicted molar refractivity (Wildman–Crippen MR) is 143 cm³/mol. The standard InChI is InChI=1S/C18H36.C4H11N.3C2H6/c1-4-5-6-7-8-9-10-11-12-13-14-15-16-17-18(2)3;1-2-3-4-5;3*1-2/h2,4-17H2,1,3H3;2-5H2,1H3;3*1-2H3. The van der Waals surface area contributed by atoms with Gasteiger partial charge in [-0.2, -0.15) is 0 Å². The quantitative estimate of drug-likeness (QED) is 0.197. The Morgan fingerprint density at radius 3 is 1.00 bits per heavy atom. The van der Waals surface area contributed by atoms with Crippen molar-refractivity contribution in [2.45, 2.75) is 165 Å². The fourth-order valence-electron chi connectivity index (χ4n) is 2.65. The first-order chi connectivity index (χ1) is 14.2. The van der Waals surface area contributed by atoms with Crippen LogP contribution in [-0.4, -0.2) is 6.54 Å². The van der Waals surface area contributed by atoms with E-state index in [4.69, 9.17) is 5.73 Å². The van der Waals surface area contributed by atoms with E-state index in [0.29, 0.717) is 0 Å². The van der Waals surface area contributed by atoms with Crippen LogP contribution >= 0.6 is 0 Å². The molecule has 1 heteroatoms. The van der Waals surface area contributed by atoms with Gasteiger partial charge < -0.3 is 5.73 Å². The van der Waals surface area contributed by atoms with E-state index in [0.717, 1.165) is 6.54 Å². The van der Waals surface area contributed by atoms with Crippen molar-refractivity contribution < 1.29 is 0 Å². The molecule has 0 aromatic heterocycles. The summed E-state index contributed by atoms with van der Waals surface area (Å²) in [5, 5.41) is 0. The van der Waals surface area contributed by atoms with E-state index in [1.54, 1.807) is 0 Å². The Labute approximate surface area is 189 Å². The molecule has 0 fully saturated rings. The highest BCUT2D eigenvalue weighted by Gasteiger charge is 1.93. The van der Waals surface area contributed by atoms with Gasteiger partial charge in [0, 0.05) is 0 Å². The zero-order valence-electron chi connectivity index (χ0n) is 22.8. The Morgan fingerprint density at radius 1 is 0.517 bits per heavy atom. The summed E-state index contributed by atoms with van der Waals surface area (Å²) in [6, 6.07) is 0. The molecule has 0 aliphatic carbocycles. The van der Waals surface area contributed by atoms with Gasteiger partial charge in [0.15, 0.2) is 0 Å². The van der Waals surface area contributed by atoms with Crippen LogP contribution in [0.2, 0.25) is 0 Å². The van der Waals surface area contributed by atoms with Gasteiger partial charge in [0.2, 0.25) is 0 Å². The number of hydrogen-bond acceptors (Lipinski definition) is 1. The summed E-state index contributed by atoms with van der Waals surface area (Å²) >= 11 is 0. The SMILES string of the molecule is C=C(C)CCCCCCCCCCCCCCC.CC.CC.CC.CCCCN. The molecule has 0 aromatic rings. The van der Waals surface area contributed by atoms with Gasteiger partial charge in [-0.15, -0.1) is 6.58 Å². The van der Waals surface area contributed by atoms with Gasteiger partial charge >= 0.3 is 0 Å². The van der Waals surface area contributed by atoms with Crippen molar-refractivity contribution in [1.82, 2.24) is 0 Å². The molecular weight excluding hydrogens is 350 g/mol. The van der Waals surface area contributed by atoms with Crippen LogP contribution in [0.25, 0.3) is 0 Å². The smallest absolute Gasteiger partial charge is 0.00774 e. The summed E-state index contributed by atoms with van der Waals surface area (Å²) in [5.41, 5.74) is 6.48. The second-order valence-electron chi connectivity index (χ2n) is 7.09. The molecule has 0 atom stereocenters. The molecule has 0 rings (SSSR count). The zero-order chi connectivity index (χ0) is 23.6. The molecule has 1 nitrogen and oxygen atoms in total. The van der Waals surface area contributed by atoms with Gasteiger partial charge in [-0.3, -0.25) is 0 Å². The third kappa shape index (κ3) is 65.6. The fourth-order valence-corrected chi connectivity index (χ4v) is 2.65. The van der Waals surface area contributed by atoms with Crippen LogP contribution in [0.5, 0.6) is 0 Å².